The lowest BCUT2D eigenvalue weighted by Gasteiger charge is -2.10. The van der Waals surface area contributed by atoms with Gasteiger partial charge in [-0.25, -0.2) is 17.9 Å². The van der Waals surface area contributed by atoms with Crippen LogP contribution in [0.15, 0.2) is 41.3 Å². The van der Waals surface area contributed by atoms with Crippen molar-refractivity contribution in [1.29, 1.82) is 0 Å². The van der Waals surface area contributed by atoms with Gasteiger partial charge in [-0.2, -0.15) is 0 Å². The van der Waals surface area contributed by atoms with E-state index >= 15 is 0 Å². The molecule has 2 N–H and O–H groups in total. The summed E-state index contributed by atoms with van der Waals surface area (Å²) in [5.41, 5.74) is 0.355. The molecule has 2 aromatic carbocycles. The van der Waals surface area contributed by atoms with Crippen molar-refractivity contribution in [3.8, 4) is 5.75 Å². The summed E-state index contributed by atoms with van der Waals surface area (Å²) in [6.45, 7) is 0.00763. The maximum Gasteiger partial charge on any atom is 0.337 e. The number of sulfonamides is 1. The van der Waals surface area contributed by atoms with E-state index in [2.05, 4.69) is 4.72 Å². The highest BCUT2D eigenvalue weighted by atomic mass is 35.5. The number of carboxylic acid groups (broad SMARTS) is 1. The van der Waals surface area contributed by atoms with Gasteiger partial charge in [0.15, 0.2) is 0 Å². The van der Waals surface area contributed by atoms with Crippen LogP contribution in [0.2, 0.25) is 10.0 Å². The van der Waals surface area contributed by atoms with Crippen LogP contribution < -0.4 is 9.46 Å². The second-order valence-electron chi connectivity index (χ2n) is 4.74. The Balaban J connectivity index is 2.26. The van der Waals surface area contributed by atoms with Gasteiger partial charge in [0.05, 0.1) is 22.7 Å². The molecule has 0 aliphatic heterocycles. The summed E-state index contributed by atoms with van der Waals surface area (Å²) in [6, 6.07) is 8.82. The van der Waals surface area contributed by atoms with Gasteiger partial charge in [-0.05, 0) is 29.8 Å². The summed E-state index contributed by atoms with van der Waals surface area (Å²) in [5.74, 6) is -0.697. The summed E-state index contributed by atoms with van der Waals surface area (Å²) in [6.07, 6.45) is 0. The van der Waals surface area contributed by atoms with E-state index in [1.807, 2.05) is 0 Å². The van der Waals surface area contributed by atoms with E-state index in [-0.39, 0.29) is 27.0 Å². The molecule has 0 aliphatic rings. The number of hydrogen-bond donors (Lipinski definition) is 2. The minimum Gasteiger partial charge on any atom is -0.497 e. The lowest BCUT2D eigenvalue weighted by atomic mass is 10.2. The Hall–Kier alpha value is -1.80. The molecule has 9 heteroatoms. The smallest absolute Gasteiger partial charge is 0.337 e. The van der Waals surface area contributed by atoms with E-state index in [9.17, 15) is 13.2 Å². The second kappa shape index (κ2) is 7.40. The van der Waals surface area contributed by atoms with E-state index in [1.165, 1.54) is 7.11 Å². The molecular formula is C15H13Cl2NO5S. The Bertz CT molecular complexity index is 866. The zero-order valence-corrected chi connectivity index (χ0v) is 14.7. The summed E-state index contributed by atoms with van der Waals surface area (Å²) < 4.78 is 32.1. The van der Waals surface area contributed by atoms with Gasteiger partial charge in [0, 0.05) is 6.54 Å². The highest BCUT2D eigenvalue weighted by molar-refractivity contribution is 7.89. The normalized spacial score (nSPS) is 11.3. The van der Waals surface area contributed by atoms with Gasteiger partial charge in [0.25, 0.3) is 0 Å². The minimum atomic E-state index is -4.01. The molecule has 0 saturated carbocycles. The first kappa shape index (κ1) is 18.5. The lowest BCUT2D eigenvalue weighted by molar-refractivity contribution is 0.0697. The van der Waals surface area contributed by atoms with Crippen molar-refractivity contribution in [2.24, 2.45) is 0 Å². The lowest BCUT2D eigenvalue weighted by Crippen LogP contribution is -2.24. The van der Waals surface area contributed by atoms with E-state index in [0.29, 0.717) is 11.3 Å². The second-order valence-corrected chi connectivity index (χ2v) is 7.29. The standard InChI is InChI=1S/C15H13Cl2NO5S/c1-23-10-4-2-9(3-5-10)8-18-24(21,22)14-6-11(15(19)20)12(16)7-13(14)17/h2-7,18H,8H2,1H3,(H,19,20). The third kappa shape index (κ3) is 4.18. The number of nitrogens with one attached hydrogen (secondary N) is 1. The number of benzene rings is 2. The molecule has 24 heavy (non-hydrogen) atoms. The molecule has 0 fully saturated rings. The van der Waals surface area contributed by atoms with Crippen LogP contribution in [-0.4, -0.2) is 26.6 Å². The quantitative estimate of drug-likeness (QED) is 0.791. The Morgan fingerprint density at radius 2 is 1.79 bits per heavy atom. The molecular weight excluding hydrogens is 377 g/mol. The van der Waals surface area contributed by atoms with Gasteiger partial charge < -0.3 is 9.84 Å². The maximum atomic E-state index is 12.4. The topological polar surface area (TPSA) is 92.7 Å². The average Bonchev–Trinajstić information content (AvgIpc) is 2.53. The van der Waals surface area contributed by atoms with E-state index in [4.69, 9.17) is 33.0 Å². The van der Waals surface area contributed by atoms with Crippen LogP contribution in [0, 0.1) is 0 Å². The zero-order valence-electron chi connectivity index (χ0n) is 12.4. The highest BCUT2D eigenvalue weighted by Gasteiger charge is 2.22. The minimum absolute atomic E-state index is 0.00763. The first-order valence-corrected chi connectivity index (χ1v) is 8.83. The molecule has 0 bridgehead atoms. The van der Waals surface area contributed by atoms with Gasteiger partial charge >= 0.3 is 5.97 Å². The van der Waals surface area contributed by atoms with Gasteiger partial charge in [-0.15, -0.1) is 0 Å². The van der Waals surface area contributed by atoms with Crippen LogP contribution in [-0.2, 0) is 16.6 Å². The predicted molar refractivity (Wildman–Crippen MR) is 90.4 cm³/mol. The maximum absolute atomic E-state index is 12.4. The van der Waals surface area contributed by atoms with Crippen LogP contribution in [0.4, 0.5) is 0 Å². The summed E-state index contributed by atoms with van der Waals surface area (Å²) >= 11 is 11.7. The summed E-state index contributed by atoms with van der Waals surface area (Å²) in [4.78, 5) is 10.7. The van der Waals surface area contributed by atoms with Crippen LogP contribution in [0.5, 0.6) is 5.75 Å². The molecule has 6 nitrogen and oxygen atoms in total. The molecule has 2 aromatic rings. The Morgan fingerprint density at radius 1 is 1.17 bits per heavy atom. The van der Waals surface area contributed by atoms with Gasteiger partial charge in [0.2, 0.25) is 10.0 Å². The molecule has 0 amide bonds. The van der Waals surface area contributed by atoms with Crippen LogP contribution in [0.25, 0.3) is 0 Å². The Labute approximate surface area is 149 Å². The fourth-order valence-electron chi connectivity index (χ4n) is 1.90. The van der Waals surface area contributed by atoms with Crippen molar-refractivity contribution in [2.45, 2.75) is 11.4 Å². The van der Waals surface area contributed by atoms with Crippen molar-refractivity contribution >= 4 is 39.2 Å². The predicted octanol–water partition coefficient (Wildman–Crippen LogP) is 3.18. The number of methoxy groups -OCH3 is 1. The third-order valence-corrected chi connectivity index (χ3v) is 5.35. The monoisotopic (exact) mass is 389 g/mol. The number of hydrogen-bond acceptors (Lipinski definition) is 4. The van der Waals surface area contributed by atoms with E-state index in [1.54, 1.807) is 24.3 Å². The van der Waals surface area contributed by atoms with Crippen molar-refractivity contribution < 1.29 is 23.1 Å². The number of ether oxygens (including phenoxy) is 1. The number of carbonyl (C=O) groups is 1. The molecule has 0 radical (unpaired) electrons. The molecule has 0 aromatic heterocycles. The van der Waals surface area contributed by atoms with Gasteiger partial charge in [0.1, 0.15) is 10.6 Å². The average molecular weight is 390 g/mol. The SMILES string of the molecule is COc1ccc(CNS(=O)(=O)c2cc(C(=O)O)c(Cl)cc2Cl)cc1. The molecule has 0 unspecified atom stereocenters. The van der Waals surface area contributed by atoms with Crippen molar-refractivity contribution in [2.75, 3.05) is 7.11 Å². The number of halogens is 2. The van der Waals surface area contributed by atoms with Crippen molar-refractivity contribution in [3.63, 3.8) is 0 Å². The molecule has 0 aliphatic carbocycles. The van der Waals surface area contributed by atoms with Gasteiger partial charge in [-0.1, -0.05) is 35.3 Å². The van der Waals surface area contributed by atoms with Crippen LogP contribution in [0.3, 0.4) is 0 Å². The van der Waals surface area contributed by atoms with Crippen LogP contribution >= 0.6 is 23.2 Å². The number of rotatable bonds is 6. The molecule has 0 atom stereocenters. The first-order valence-electron chi connectivity index (χ1n) is 6.59. The van der Waals surface area contributed by atoms with Crippen molar-refractivity contribution in [3.05, 3.63) is 57.6 Å². The zero-order chi connectivity index (χ0) is 17.9. The third-order valence-electron chi connectivity index (χ3n) is 3.17. The highest BCUT2D eigenvalue weighted by Crippen LogP contribution is 2.28. The Kier molecular flexibility index (Phi) is 5.71. The summed E-state index contributed by atoms with van der Waals surface area (Å²) in [7, 11) is -2.48. The number of carboxylic acids is 1. The molecule has 0 spiro atoms. The number of aromatic carboxylic acids is 1. The Morgan fingerprint density at radius 3 is 2.33 bits per heavy atom. The fraction of sp³-hybridized carbons (Fsp3) is 0.133. The van der Waals surface area contributed by atoms with Gasteiger partial charge in [-0.3, -0.25) is 0 Å². The van der Waals surface area contributed by atoms with E-state index in [0.717, 1.165) is 12.1 Å². The largest absolute Gasteiger partial charge is 0.497 e. The molecule has 0 saturated heterocycles. The molecule has 2 rings (SSSR count). The van der Waals surface area contributed by atoms with Crippen LogP contribution in [0.1, 0.15) is 15.9 Å². The first-order chi connectivity index (χ1) is 11.2. The molecule has 128 valence electrons. The molecule has 0 heterocycles. The fourth-order valence-corrected chi connectivity index (χ4v) is 3.77. The van der Waals surface area contributed by atoms with E-state index < -0.39 is 16.0 Å². The summed E-state index contributed by atoms with van der Waals surface area (Å²) in [5, 5.41) is 8.75. The van der Waals surface area contributed by atoms with Crippen molar-refractivity contribution in [1.82, 2.24) is 4.72 Å².